The number of hydrogen-bond acceptors (Lipinski definition) is 5. The molecule has 0 bridgehead atoms. The van der Waals surface area contributed by atoms with Crippen LogP contribution in [0.1, 0.15) is 35.8 Å². The van der Waals surface area contributed by atoms with E-state index in [1.165, 1.54) is 11.3 Å². The van der Waals surface area contributed by atoms with Crippen molar-refractivity contribution in [2.75, 3.05) is 11.9 Å². The van der Waals surface area contributed by atoms with Crippen LogP contribution in [0.25, 0.3) is 5.13 Å². The van der Waals surface area contributed by atoms with Crippen molar-refractivity contribution in [3.05, 3.63) is 65.4 Å². The van der Waals surface area contributed by atoms with Crippen LogP contribution in [0.3, 0.4) is 0 Å². The summed E-state index contributed by atoms with van der Waals surface area (Å²) in [7, 11) is 0. The minimum absolute atomic E-state index is 0.155. The Morgan fingerprint density at radius 1 is 1.19 bits per heavy atom. The van der Waals surface area contributed by atoms with Gasteiger partial charge in [-0.25, -0.2) is 9.78 Å². The molecule has 1 N–H and O–H groups in total. The summed E-state index contributed by atoms with van der Waals surface area (Å²) < 4.78 is 7.07. The molecule has 27 heavy (non-hydrogen) atoms. The first kappa shape index (κ1) is 18.8. The Morgan fingerprint density at radius 2 is 1.93 bits per heavy atom. The molecule has 0 radical (unpaired) electrons. The number of ether oxygens (including phenoxy) is 1. The number of hydrogen-bond donors (Lipinski definition) is 1. The molecule has 0 spiro atoms. The number of thiazole rings is 1. The van der Waals surface area contributed by atoms with Crippen molar-refractivity contribution in [3.63, 3.8) is 0 Å². The van der Waals surface area contributed by atoms with E-state index in [1.807, 2.05) is 41.4 Å². The summed E-state index contributed by atoms with van der Waals surface area (Å²) in [6.07, 6.45) is 5.85. The summed E-state index contributed by atoms with van der Waals surface area (Å²) in [5, 5.41) is 5.53. The Hall–Kier alpha value is -2.93. The first-order chi connectivity index (χ1) is 13.2. The second-order valence-electron chi connectivity index (χ2n) is 6.00. The molecule has 3 aromatic rings. The van der Waals surface area contributed by atoms with Crippen molar-refractivity contribution in [1.29, 1.82) is 0 Å². The third-order valence-corrected chi connectivity index (χ3v) is 4.74. The van der Waals surface area contributed by atoms with E-state index in [1.54, 1.807) is 24.3 Å². The van der Waals surface area contributed by atoms with Crippen LogP contribution >= 0.6 is 11.3 Å². The lowest BCUT2D eigenvalue weighted by molar-refractivity contribution is -0.115. The standard InChI is InChI=1S/C20H21N3O3S/c1-2-3-12-26-19(25)15-6-8-16(9-7-15)21-18(24)13-17-14-27-20(22-17)23-10-4-5-11-23/h4-11,14H,2-3,12-13H2,1H3,(H,21,24). The van der Waals surface area contributed by atoms with E-state index in [2.05, 4.69) is 10.3 Å². The molecule has 1 aromatic carbocycles. The van der Waals surface area contributed by atoms with Gasteiger partial charge in [0.2, 0.25) is 5.91 Å². The summed E-state index contributed by atoms with van der Waals surface area (Å²) >= 11 is 1.49. The maximum Gasteiger partial charge on any atom is 0.338 e. The molecule has 2 aromatic heterocycles. The van der Waals surface area contributed by atoms with E-state index in [0.29, 0.717) is 17.9 Å². The van der Waals surface area contributed by atoms with Gasteiger partial charge in [-0.15, -0.1) is 11.3 Å². The number of esters is 1. The van der Waals surface area contributed by atoms with E-state index in [-0.39, 0.29) is 18.3 Å². The monoisotopic (exact) mass is 383 g/mol. The highest BCUT2D eigenvalue weighted by Crippen LogP contribution is 2.16. The number of rotatable bonds is 8. The van der Waals surface area contributed by atoms with E-state index < -0.39 is 0 Å². The lowest BCUT2D eigenvalue weighted by atomic mass is 10.2. The van der Waals surface area contributed by atoms with Gasteiger partial charge < -0.3 is 14.6 Å². The van der Waals surface area contributed by atoms with Gasteiger partial charge in [0.05, 0.1) is 24.3 Å². The van der Waals surface area contributed by atoms with Gasteiger partial charge in [-0.2, -0.15) is 0 Å². The smallest absolute Gasteiger partial charge is 0.338 e. The fourth-order valence-electron chi connectivity index (χ4n) is 2.41. The summed E-state index contributed by atoms with van der Waals surface area (Å²) in [5.41, 5.74) is 1.82. The van der Waals surface area contributed by atoms with E-state index >= 15 is 0 Å². The Balaban J connectivity index is 1.53. The normalized spacial score (nSPS) is 10.6. The molecule has 3 rings (SSSR count). The molecule has 0 aliphatic rings. The van der Waals surface area contributed by atoms with Crippen molar-refractivity contribution >= 4 is 28.9 Å². The van der Waals surface area contributed by atoms with Gasteiger partial charge in [-0.05, 0) is 42.8 Å². The maximum absolute atomic E-state index is 12.2. The van der Waals surface area contributed by atoms with Crippen LogP contribution in [0.5, 0.6) is 0 Å². The number of anilines is 1. The van der Waals surface area contributed by atoms with E-state index in [4.69, 9.17) is 4.74 Å². The minimum Gasteiger partial charge on any atom is -0.462 e. The third-order valence-electron chi connectivity index (χ3n) is 3.84. The number of unbranched alkanes of at least 4 members (excludes halogenated alkanes) is 1. The highest BCUT2D eigenvalue weighted by molar-refractivity contribution is 7.12. The number of benzene rings is 1. The van der Waals surface area contributed by atoms with Crippen molar-refractivity contribution in [2.24, 2.45) is 0 Å². The molecule has 140 valence electrons. The van der Waals surface area contributed by atoms with Crippen molar-refractivity contribution < 1.29 is 14.3 Å². The van der Waals surface area contributed by atoms with Crippen LogP contribution < -0.4 is 5.32 Å². The molecule has 0 aliphatic carbocycles. The van der Waals surface area contributed by atoms with Gasteiger partial charge in [0.1, 0.15) is 0 Å². The Bertz CT molecular complexity index is 886. The van der Waals surface area contributed by atoms with Crippen LogP contribution in [-0.2, 0) is 16.0 Å². The van der Waals surface area contributed by atoms with Crippen LogP contribution in [0.4, 0.5) is 5.69 Å². The molecule has 0 atom stereocenters. The van der Waals surface area contributed by atoms with E-state index in [0.717, 1.165) is 23.7 Å². The second-order valence-corrected chi connectivity index (χ2v) is 6.84. The molecule has 7 heteroatoms. The van der Waals surface area contributed by atoms with Gasteiger partial charge in [0, 0.05) is 23.5 Å². The Morgan fingerprint density at radius 3 is 2.63 bits per heavy atom. The molecular weight excluding hydrogens is 362 g/mol. The number of nitrogens with one attached hydrogen (secondary N) is 1. The van der Waals surface area contributed by atoms with Gasteiger partial charge in [0.15, 0.2) is 5.13 Å². The van der Waals surface area contributed by atoms with Gasteiger partial charge in [0.25, 0.3) is 0 Å². The highest BCUT2D eigenvalue weighted by atomic mass is 32.1. The fraction of sp³-hybridized carbons (Fsp3) is 0.250. The first-order valence-electron chi connectivity index (χ1n) is 8.80. The van der Waals surface area contributed by atoms with Gasteiger partial charge in [-0.3, -0.25) is 4.79 Å². The molecular formula is C20H21N3O3S. The quantitative estimate of drug-likeness (QED) is 0.470. The largest absolute Gasteiger partial charge is 0.462 e. The Kier molecular flexibility index (Phi) is 6.38. The fourth-order valence-corrected chi connectivity index (χ4v) is 3.20. The number of aromatic nitrogens is 2. The maximum atomic E-state index is 12.2. The molecule has 0 saturated heterocycles. The predicted octanol–water partition coefficient (Wildman–Crippen LogP) is 4.07. The first-order valence-corrected chi connectivity index (χ1v) is 9.68. The zero-order valence-electron chi connectivity index (χ0n) is 15.1. The zero-order chi connectivity index (χ0) is 19.1. The highest BCUT2D eigenvalue weighted by Gasteiger charge is 2.10. The summed E-state index contributed by atoms with van der Waals surface area (Å²) in [6, 6.07) is 10.5. The van der Waals surface area contributed by atoms with Crippen molar-refractivity contribution in [2.45, 2.75) is 26.2 Å². The Labute approximate surface area is 161 Å². The third kappa shape index (κ3) is 5.27. The molecule has 1 amide bonds. The minimum atomic E-state index is -0.346. The van der Waals surface area contributed by atoms with Crippen LogP contribution in [0.2, 0.25) is 0 Å². The van der Waals surface area contributed by atoms with Crippen LogP contribution in [0, 0.1) is 0 Å². The SMILES string of the molecule is CCCCOC(=O)c1ccc(NC(=O)Cc2csc(-n3cccc3)n2)cc1. The molecule has 0 fully saturated rings. The molecule has 0 aliphatic heterocycles. The zero-order valence-corrected chi connectivity index (χ0v) is 15.9. The number of nitrogens with zero attached hydrogens (tertiary/aromatic N) is 2. The van der Waals surface area contributed by atoms with Gasteiger partial charge in [-0.1, -0.05) is 13.3 Å². The topological polar surface area (TPSA) is 73.2 Å². The summed E-state index contributed by atoms with van der Waals surface area (Å²) in [6.45, 7) is 2.46. The average molecular weight is 383 g/mol. The van der Waals surface area contributed by atoms with Crippen LogP contribution in [0.15, 0.2) is 54.2 Å². The van der Waals surface area contributed by atoms with Crippen LogP contribution in [-0.4, -0.2) is 28.0 Å². The van der Waals surface area contributed by atoms with E-state index in [9.17, 15) is 9.59 Å². The number of carbonyl (C=O) groups excluding carboxylic acids is 2. The summed E-state index contributed by atoms with van der Waals surface area (Å²) in [5.74, 6) is -0.501. The predicted molar refractivity (Wildman–Crippen MR) is 105 cm³/mol. The average Bonchev–Trinajstić information content (AvgIpc) is 3.34. The lowest BCUT2D eigenvalue weighted by Crippen LogP contribution is -2.15. The second kappa shape index (κ2) is 9.14. The molecule has 0 saturated carbocycles. The van der Waals surface area contributed by atoms with Crippen molar-refractivity contribution in [3.8, 4) is 5.13 Å². The molecule has 6 nitrogen and oxygen atoms in total. The number of amides is 1. The molecule has 2 heterocycles. The lowest BCUT2D eigenvalue weighted by Gasteiger charge is -2.06. The van der Waals surface area contributed by atoms with Crippen molar-refractivity contribution in [1.82, 2.24) is 9.55 Å². The molecule has 0 unspecified atom stereocenters. The summed E-state index contributed by atoms with van der Waals surface area (Å²) in [4.78, 5) is 28.6. The number of carbonyl (C=O) groups is 2. The van der Waals surface area contributed by atoms with Gasteiger partial charge >= 0.3 is 5.97 Å².